The van der Waals surface area contributed by atoms with Gasteiger partial charge < -0.3 is 19.5 Å². The Morgan fingerprint density at radius 3 is 2.48 bits per heavy atom. The van der Waals surface area contributed by atoms with E-state index in [0.29, 0.717) is 12.6 Å². The number of aromatic nitrogens is 1. The fraction of sp³-hybridized carbons (Fsp3) is 0.400. The maximum atomic E-state index is 12.9. The van der Waals surface area contributed by atoms with Gasteiger partial charge in [0.05, 0.1) is 5.69 Å². The Kier molecular flexibility index (Phi) is 4.06. The summed E-state index contributed by atoms with van der Waals surface area (Å²) in [4.78, 5) is 8.84. The molecule has 1 saturated heterocycles. The lowest BCUT2D eigenvalue weighted by molar-refractivity contribution is 0.515. The quantitative estimate of drug-likeness (QED) is 0.931. The molecule has 21 heavy (non-hydrogen) atoms. The highest BCUT2D eigenvalue weighted by Gasteiger charge is 2.20. The maximum Gasteiger partial charge on any atom is 0.297 e. The van der Waals surface area contributed by atoms with E-state index in [0.717, 1.165) is 37.6 Å². The highest BCUT2D eigenvalue weighted by Crippen LogP contribution is 2.20. The number of piperazine rings is 1. The Morgan fingerprint density at radius 1 is 1.14 bits per heavy atom. The van der Waals surface area contributed by atoms with Gasteiger partial charge in [0, 0.05) is 38.4 Å². The molecule has 5 nitrogen and oxygen atoms in total. The van der Waals surface area contributed by atoms with Gasteiger partial charge >= 0.3 is 0 Å². The molecule has 1 aliphatic rings. The number of nitrogens with zero attached hydrogens (tertiary/aromatic N) is 3. The Bertz CT molecular complexity index is 576. The van der Waals surface area contributed by atoms with E-state index in [1.807, 2.05) is 19.2 Å². The normalized spacial score (nSPS) is 15.5. The van der Waals surface area contributed by atoms with Gasteiger partial charge in [-0.3, -0.25) is 0 Å². The van der Waals surface area contributed by atoms with Crippen LogP contribution >= 0.6 is 0 Å². The Labute approximate surface area is 123 Å². The van der Waals surface area contributed by atoms with E-state index in [4.69, 9.17) is 4.42 Å². The summed E-state index contributed by atoms with van der Waals surface area (Å²) >= 11 is 0. The van der Waals surface area contributed by atoms with Gasteiger partial charge in [-0.2, -0.15) is 4.98 Å². The molecule has 112 valence electrons. The summed E-state index contributed by atoms with van der Waals surface area (Å²) in [6, 6.07) is 7.32. The molecule has 0 unspecified atom stereocenters. The van der Waals surface area contributed by atoms with Crippen LogP contribution in [0.2, 0.25) is 0 Å². The number of anilines is 2. The highest BCUT2D eigenvalue weighted by molar-refractivity contribution is 5.48. The van der Waals surface area contributed by atoms with Crippen molar-refractivity contribution in [1.29, 1.82) is 0 Å². The lowest BCUT2D eigenvalue weighted by atomic mass is 10.2. The third kappa shape index (κ3) is 3.16. The first-order valence-electron chi connectivity index (χ1n) is 7.11. The topological polar surface area (TPSA) is 44.5 Å². The van der Waals surface area contributed by atoms with Crippen LogP contribution < -0.4 is 15.1 Å². The standard InChI is InChI=1S/C15H19FN4O/c1-17-10-13-11-21-15(18-13)20-8-6-19(7-9-20)14-4-2-12(16)3-5-14/h2-5,11,17H,6-10H2,1H3. The van der Waals surface area contributed by atoms with Crippen molar-refractivity contribution in [1.82, 2.24) is 10.3 Å². The van der Waals surface area contributed by atoms with E-state index in [-0.39, 0.29) is 5.82 Å². The SMILES string of the molecule is CNCc1coc(N2CCN(c3ccc(F)cc3)CC2)n1. The molecular formula is C15H19FN4O. The second-order valence-corrected chi connectivity index (χ2v) is 5.10. The number of hydrogen-bond donors (Lipinski definition) is 1. The maximum absolute atomic E-state index is 12.9. The van der Waals surface area contributed by atoms with Crippen LogP contribution in [0.25, 0.3) is 0 Å². The summed E-state index contributed by atoms with van der Waals surface area (Å²) in [5.41, 5.74) is 1.97. The fourth-order valence-corrected chi connectivity index (χ4v) is 2.51. The monoisotopic (exact) mass is 290 g/mol. The van der Waals surface area contributed by atoms with E-state index in [9.17, 15) is 4.39 Å². The van der Waals surface area contributed by atoms with Crippen LogP contribution in [0.5, 0.6) is 0 Å². The second-order valence-electron chi connectivity index (χ2n) is 5.10. The molecule has 0 aliphatic carbocycles. The van der Waals surface area contributed by atoms with Crippen molar-refractivity contribution < 1.29 is 8.81 Å². The fourth-order valence-electron chi connectivity index (χ4n) is 2.51. The first-order valence-corrected chi connectivity index (χ1v) is 7.11. The number of halogens is 1. The van der Waals surface area contributed by atoms with Gasteiger partial charge in [-0.25, -0.2) is 4.39 Å². The first kappa shape index (κ1) is 13.9. The molecular weight excluding hydrogens is 271 g/mol. The minimum Gasteiger partial charge on any atom is -0.432 e. The Balaban J connectivity index is 1.60. The highest BCUT2D eigenvalue weighted by atomic mass is 19.1. The molecule has 1 aliphatic heterocycles. The van der Waals surface area contributed by atoms with Gasteiger partial charge in [0.15, 0.2) is 0 Å². The van der Waals surface area contributed by atoms with Gasteiger partial charge in [-0.15, -0.1) is 0 Å². The van der Waals surface area contributed by atoms with E-state index < -0.39 is 0 Å². The minimum absolute atomic E-state index is 0.200. The summed E-state index contributed by atoms with van der Waals surface area (Å²) in [5, 5.41) is 3.05. The molecule has 1 aromatic heterocycles. The van der Waals surface area contributed by atoms with Gasteiger partial charge in [-0.05, 0) is 31.3 Å². The van der Waals surface area contributed by atoms with Crippen LogP contribution in [-0.2, 0) is 6.54 Å². The van der Waals surface area contributed by atoms with Crippen LogP contribution in [0.3, 0.4) is 0 Å². The Morgan fingerprint density at radius 2 is 1.81 bits per heavy atom. The zero-order valence-corrected chi connectivity index (χ0v) is 12.1. The van der Waals surface area contributed by atoms with E-state index >= 15 is 0 Å². The molecule has 0 atom stereocenters. The molecule has 1 aromatic carbocycles. The third-order valence-electron chi connectivity index (χ3n) is 3.64. The molecule has 0 amide bonds. The van der Waals surface area contributed by atoms with Crippen LogP contribution in [0.15, 0.2) is 34.9 Å². The van der Waals surface area contributed by atoms with Gasteiger partial charge in [-0.1, -0.05) is 0 Å². The summed E-state index contributed by atoms with van der Waals surface area (Å²) in [7, 11) is 1.88. The molecule has 0 spiro atoms. The summed E-state index contributed by atoms with van der Waals surface area (Å²) in [5.74, 6) is -0.200. The molecule has 2 aromatic rings. The van der Waals surface area contributed by atoms with E-state index in [1.54, 1.807) is 6.26 Å². The molecule has 0 bridgehead atoms. The van der Waals surface area contributed by atoms with E-state index in [1.165, 1.54) is 12.1 Å². The molecule has 6 heteroatoms. The molecule has 3 rings (SSSR count). The Hall–Kier alpha value is -2.08. The zero-order chi connectivity index (χ0) is 14.7. The van der Waals surface area contributed by atoms with Crippen molar-refractivity contribution in [3.63, 3.8) is 0 Å². The van der Waals surface area contributed by atoms with Gasteiger partial charge in [0.1, 0.15) is 12.1 Å². The lowest BCUT2D eigenvalue weighted by Gasteiger charge is -2.35. The number of nitrogens with one attached hydrogen (secondary N) is 1. The molecule has 2 heterocycles. The third-order valence-corrected chi connectivity index (χ3v) is 3.64. The van der Waals surface area contributed by atoms with Crippen molar-refractivity contribution in [2.45, 2.75) is 6.54 Å². The van der Waals surface area contributed by atoms with Crippen LogP contribution in [0.4, 0.5) is 16.1 Å². The van der Waals surface area contributed by atoms with Crippen molar-refractivity contribution >= 4 is 11.7 Å². The summed E-state index contributed by atoms with van der Waals surface area (Å²) < 4.78 is 18.5. The van der Waals surface area contributed by atoms with Gasteiger partial charge in [0.25, 0.3) is 6.01 Å². The smallest absolute Gasteiger partial charge is 0.297 e. The van der Waals surface area contributed by atoms with Crippen molar-refractivity contribution in [2.75, 3.05) is 43.0 Å². The first-order chi connectivity index (χ1) is 10.3. The van der Waals surface area contributed by atoms with E-state index in [2.05, 4.69) is 20.1 Å². The number of benzene rings is 1. The van der Waals surface area contributed by atoms with Crippen LogP contribution in [-0.4, -0.2) is 38.2 Å². The molecule has 0 radical (unpaired) electrons. The summed E-state index contributed by atoms with van der Waals surface area (Å²) in [6.45, 7) is 4.14. The van der Waals surface area contributed by atoms with Crippen molar-refractivity contribution in [2.24, 2.45) is 0 Å². The van der Waals surface area contributed by atoms with Crippen molar-refractivity contribution in [3.8, 4) is 0 Å². The van der Waals surface area contributed by atoms with Crippen LogP contribution in [0, 0.1) is 5.82 Å². The predicted molar refractivity (Wildman–Crippen MR) is 80.1 cm³/mol. The second kappa shape index (κ2) is 6.13. The molecule has 1 N–H and O–H groups in total. The average molecular weight is 290 g/mol. The molecule has 1 fully saturated rings. The molecule has 0 saturated carbocycles. The number of rotatable bonds is 4. The predicted octanol–water partition coefficient (Wildman–Crippen LogP) is 1.86. The number of hydrogen-bond acceptors (Lipinski definition) is 5. The minimum atomic E-state index is -0.200. The largest absolute Gasteiger partial charge is 0.432 e. The average Bonchev–Trinajstić information content (AvgIpc) is 2.97. The number of oxazole rings is 1. The zero-order valence-electron chi connectivity index (χ0n) is 12.1. The van der Waals surface area contributed by atoms with Gasteiger partial charge in [0.2, 0.25) is 0 Å². The van der Waals surface area contributed by atoms with Crippen LogP contribution in [0.1, 0.15) is 5.69 Å². The summed E-state index contributed by atoms with van der Waals surface area (Å²) in [6.07, 6.45) is 1.69. The lowest BCUT2D eigenvalue weighted by Crippen LogP contribution is -2.46. The van der Waals surface area contributed by atoms with Crippen molar-refractivity contribution in [3.05, 3.63) is 42.0 Å².